The van der Waals surface area contributed by atoms with E-state index in [1.54, 1.807) is 0 Å². The van der Waals surface area contributed by atoms with Gasteiger partial charge in [0.05, 0.1) is 23.8 Å². The summed E-state index contributed by atoms with van der Waals surface area (Å²) in [4.78, 5) is 22.3. The summed E-state index contributed by atoms with van der Waals surface area (Å²) in [6, 6.07) is 4.19. The van der Waals surface area contributed by atoms with E-state index in [1.807, 2.05) is 0 Å². The maximum absolute atomic E-state index is 12.0. The number of methoxy groups -OCH3 is 1. The Balaban J connectivity index is 1.91. The SMILES string of the molecule is COc1cc([N+](=O)[O-])ccc1NC(=O)CCC1CCCCC1. The maximum atomic E-state index is 12.0. The van der Waals surface area contributed by atoms with Crippen LogP contribution in [0.25, 0.3) is 0 Å². The molecule has 1 aromatic carbocycles. The molecule has 2 rings (SSSR count). The molecule has 0 spiro atoms. The predicted molar refractivity (Wildman–Crippen MR) is 84.1 cm³/mol. The van der Waals surface area contributed by atoms with Gasteiger partial charge in [0, 0.05) is 12.5 Å². The van der Waals surface area contributed by atoms with Crippen molar-refractivity contribution in [3.8, 4) is 5.75 Å². The Hall–Kier alpha value is -2.11. The number of carbonyl (C=O) groups excluding carboxylic acids is 1. The summed E-state index contributed by atoms with van der Waals surface area (Å²) in [6.07, 6.45) is 7.65. The molecule has 1 aliphatic carbocycles. The van der Waals surface area contributed by atoms with Crippen LogP contribution in [0.5, 0.6) is 5.75 Å². The standard InChI is InChI=1S/C16H22N2O4/c1-22-15-11-13(18(20)21)8-9-14(15)17-16(19)10-7-12-5-3-2-4-6-12/h8-9,11-12H,2-7,10H2,1H3,(H,17,19). The zero-order valence-electron chi connectivity index (χ0n) is 12.8. The average Bonchev–Trinajstić information content (AvgIpc) is 2.54. The lowest BCUT2D eigenvalue weighted by Gasteiger charge is -2.21. The number of amides is 1. The molecule has 1 amide bonds. The van der Waals surface area contributed by atoms with Crippen LogP contribution in [0.15, 0.2) is 18.2 Å². The molecule has 0 heterocycles. The molecule has 0 unspecified atom stereocenters. The minimum atomic E-state index is -0.489. The molecule has 0 bridgehead atoms. The number of nitrogens with one attached hydrogen (secondary N) is 1. The van der Waals surface area contributed by atoms with Crippen molar-refractivity contribution in [3.05, 3.63) is 28.3 Å². The highest BCUT2D eigenvalue weighted by Gasteiger charge is 2.16. The molecule has 6 nitrogen and oxygen atoms in total. The highest BCUT2D eigenvalue weighted by molar-refractivity contribution is 5.92. The van der Waals surface area contributed by atoms with Crippen LogP contribution in [0.1, 0.15) is 44.9 Å². The second-order valence-corrected chi connectivity index (χ2v) is 5.73. The number of anilines is 1. The van der Waals surface area contributed by atoms with Crippen LogP contribution in [-0.2, 0) is 4.79 Å². The predicted octanol–water partition coefficient (Wildman–Crippen LogP) is 3.90. The molecule has 0 atom stereocenters. The van der Waals surface area contributed by atoms with E-state index in [9.17, 15) is 14.9 Å². The summed E-state index contributed by atoms with van der Waals surface area (Å²) in [6.45, 7) is 0. The van der Waals surface area contributed by atoms with Crippen LogP contribution < -0.4 is 10.1 Å². The molecule has 0 aromatic heterocycles. The van der Waals surface area contributed by atoms with Crippen LogP contribution >= 0.6 is 0 Å². The normalized spacial score (nSPS) is 15.3. The van der Waals surface area contributed by atoms with Gasteiger partial charge in [0.15, 0.2) is 0 Å². The lowest BCUT2D eigenvalue weighted by Crippen LogP contribution is -2.15. The van der Waals surface area contributed by atoms with Crippen LogP contribution in [0.3, 0.4) is 0 Å². The summed E-state index contributed by atoms with van der Waals surface area (Å²) in [5.74, 6) is 0.885. The number of hydrogen-bond acceptors (Lipinski definition) is 4. The fraction of sp³-hybridized carbons (Fsp3) is 0.562. The molecule has 1 fully saturated rings. The van der Waals surface area contributed by atoms with E-state index in [0.29, 0.717) is 23.8 Å². The lowest BCUT2D eigenvalue weighted by atomic mass is 9.86. The van der Waals surface area contributed by atoms with Gasteiger partial charge in [-0.1, -0.05) is 32.1 Å². The minimum absolute atomic E-state index is 0.0583. The third-order valence-electron chi connectivity index (χ3n) is 4.17. The van der Waals surface area contributed by atoms with Crippen LogP contribution in [0, 0.1) is 16.0 Å². The van der Waals surface area contributed by atoms with Crippen LogP contribution in [0.4, 0.5) is 11.4 Å². The van der Waals surface area contributed by atoms with Gasteiger partial charge in [-0.05, 0) is 18.4 Å². The molecule has 1 aromatic rings. The van der Waals surface area contributed by atoms with Gasteiger partial charge in [0.25, 0.3) is 5.69 Å². The molecule has 0 aliphatic heterocycles. The summed E-state index contributed by atoms with van der Waals surface area (Å²) >= 11 is 0. The van der Waals surface area contributed by atoms with Gasteiger partial charge < -0.3 is 10.1 Å². The van der Waals surface area contributed by atoms with Gasteiger partial charge >= 0.3 is 0 Å². The van der Waals surface area contributed by atoms with Crippen molar-refractivity contribution < 1.29 is 14.5 Å². The molecule has 0 radical (unpaired) electrons. The average molecular weight is 306 g/mol. The second-order valence-electron chi connectivity index (χ2n) is 5.73. The maximum Gasteiger partial charge on any atom is 0.273 e. The van der Waals surface area contributed by atoms with Crippen molar-refractivity contribution in [2.24, 2.45) is 5.92 Å². The molecule has 1 aliphatic rings. The zero-order valence-corrected chi connectivity index (χ0v) is 12.8. The molecule has 22 heavy (non-hydrogen) atoms. The number of nitro groups is 1. The molecule has 6 heteroatoms. The third-order valence-corrected chi connectivity index (χ3v) is 4.17. The van der Waals surface area contributed by atoms with Crippen molar-refractivity contribution >= 4 is 17.3 Å². The lowest BCUT2D eigenvalue weighted by molar-refractivity contribution is -0.384. The Kier molecular flexibility index (Phi) is 5.75. The Morgan fingerprint density at radius 2 is 2.09 bits per heavy atom. The summed E-state index contributed by atoms with van der Waals surface area (Å²) < 4.78 is 5.11. The molecule has 1 N–H and O–H groups in total. The highest BCUT2D eigenvalue weighted by atomic mass is 16.6. The first-order chi connectivity index (χ1) is 10.6. The van der Waals surface area contributed by atoms with Crippen molar-refractivity contribution in [1.82, 2.24) is 0 Å². The number of carbonyl (C=O) groups is 1. The van der Waals surface area contributed by atoms with Crippen molar-refractivity contribution in [1.29, 1.82) is 0 Å². The fourth-order valence-corrected chi connectivity index (χ4v) is 2.92. The van der Waals surface area contributed by atoms with Gasteiger partial charge in [-0.25, -0.2) is 0 Å². The van der Waals surface area contributed by atoms with E-state index < -0.39 is 4.92 Å². The first-order valence-electron chi connectivity index (χ1n) is 7.72. The second kappa shape index (κ2) is 7.77. The monoisotopic (exact) mass is 306 g/mol. The molecular formula is C16H22N2O4. The van der Waals surface area contributed by atoms with Gasteiger partial charge in [0.2, 0.25) is 5.91 Å². The topological polar surface area (TPSA) is 81.5 Å². The number of hydrogen-bond donors (Lipinski definition) is 1. The van der Waals surface area contributed by atoms with E-state index in [0.717, 1.165) is 6.42 Å². The van der Waals surface area contributed by atoms with E-state index in [4.69, 9.17) is 4.74 Å². The van der Waals surface area contributed by atoms with Crippen molar-refractivity contribution in [3.63, 3.8) is 0 Å². The molecule has 1 saturated carbocycles. The van der Waals surface area contributed by atoms with Gasteiger partial charge in [-0.3, -0.25) is 14.9 Å². The van der Waals surface area contributed by atoms with Crippen LogP contribution in [0.2, 0.25) is 0 Å². The molecular weight excluding hydrogens is 284 g/mol. The largest absolute Gasteiger partial charge is 0.494 e. The summed E-state index contributed by atoms with van der Waals surface area (Å²) in [5.41, 5.74) is 0.416. The molecule has 0 saturated heterocycles. The molecule has 120 valence electrons. The Labute approximate surface area is 130 Å². The zero-order chi connectivity index (χ0) is 15.9. The van der Waals surface area contributed by atoms with Crippen LogP contribution in [-0.4, -0.2) is 17.9 Å². The fourth-order valence-electron chi connectivity index (χ4n) is 2.92. The van der Waals surface area contributed by atoms with E-state index in [1.165, 1.54) is 57.4 Å². The van der Waals surface area contributed by atoms with E-state index in [-0.39, 0.29) is 11.6 Å². The number of nitrogens with zero attached hydrogens (tertiary/aromatic N) is 1. The quantitative estimate of drug-likeness (QED) is 0.638. The Bertz CT molecular complexity index is 539. The first kappa shape index (κ1) is 16.3. The van der Waals surface area contributed by atoms with E-state index in [2.05, 4.69) is 5.32 Å². The summed E-state index contributed by atoms with van der Waals surface area (Å²) in [5, 5.41) is 13.5. The van der Waals surface area contributed by atoms with Gasteiger partial charge in [0.1, 0.15) is 5.75 Å². The summed E-state index contributed by atoms with van der Waals surface area (Å²) in [7, 11) is 1.43. The Morgan fingerprint density at radius 3 is 2.73 bits per heavy atom. The minimum Gasteiger partial charge on any atom is -0.494 e. The number of nitro benzene ring substituents is 1. The number of benzene rings is 1. The van der Waals surface area contributed by atoms with Crippen molar-refractivity contribution in [2.75, 3.05) is 12.4 Å². The van der Waals surface area contributed by atoms with Gasteiger partial charge in [-0.15, -0.1) is 0 Å². The number of ether oxygens (including phenoxy) is 1. The van der Waals surface area contributed by atoms with Gasteiger partial charge in [-0.2, -0.15) is 0 Å². The number of non-ortho nitro benzene ring substituents is 1. The smallest absolute Gasteiger partial charge is 0.273 e. The highest BCUT2D eigenvalue weighted by Crippen LogP contribution is 2.30. The number of rotatable bonds is 6. The van der Waals surface area contributed by atoms with Crippen molar-refractivity contribution in [2.45, 2.75) is 44.9 Å². The first-order valence-corrected chi connectivity index (χ1v) is 7.72. The third kappa shape index (κ3) is 4.44. The van der Waals surface area contributed by atoms with E-state index >= 15 is 0 Å². The Morgan fingerprint density at radius 1 is 1.36 bits per heavy atom.